The number of aromatic nitrogens is 1. The Balaban J connectivity index is 1.49. The van der Waals surface area contributed by atoms with Crippen molar-refractivity contribution in [2.45, 2.75) is 23.8 Å². The molecule has 0 radical (unpaired) electrons. The highest BCUT2D eigenvalue weighted by atomic mass is 32.2. The first-order valence-corrected chi connectivity index (χ1v) is 12.0. The van der Waals surface area contributed by atoms with Crippen molar-refractivity contribution in [2.75, 3.05) is 18.4 Å². The van der Waals surface area contributed by atoms with Gasteiger partial charge in [0, 0.05) is 42.9 Å². The number of anilines is 1. The van der Waals surface area contributed by atoms with E-state index in [2.05, 4.69) is 5.32 Å². The quantitative estimate of drug-likeness (QED) is 0.663. The molecule has 1 fully saturated rings. The van der Waals surface area contributed by atoms with Crippen molar-refractivity contribution < 1.29 is 13.2 Å². The highest BCUT2D eigenvalue weighted by Gasteiger charge is 2.40. The average Bonchev–Trinajstić information content (AvgIpc) is 2.82. The molecule has 7 nitrogen and oxygen atoms in total. The number of pyridine rings is 1. The minimum atomic E-state index is -3.64. The molecule has 2 aliphatic heterocycles. The molecule has 3 heterocycles. The zero-order chi connectivity index (χ0) is 22.3. The number of fused-ring (bicyclic) bond motifs is 4. The number of piperidine rings is 1. The van der Waals surface area contributed by atoms with Gasteiger partial charge in [0.25, 0.3) is 11.5 Å². The van der Waals surface area contributed by atoms with E-state index in [1.807, 2.05) is 6.07 Å². The molecule has 0 saturated carbocycles. The van der Waals surface area contributed by atoms with Crippen LogP contribution in [0.4, 0.5) is 5.69 Å². The number of carbonyl (C=O) groups is 1. The summed E-state index contributed by atoms with van der Waals surface area (Å²) in [6.45, 7) is 1.08. The van der Waals surface area contributed by atoms with Gasteiger partial charge in [-0.2, -0.15) is 4.31 Å². The van der Waals surface area contributed by atoms with E-state index in [1.165, 1.54) is 10.4 Å². The van der Waals surface area contributed by atoms with Crippen LogP contribution >= 0.6 is 0 Å². The van der Waals surface area contributed by atoms with Crippen molar-refractivity contribution >= 4 is 21.6 Å². The van der Waals surface area contributed by atoms with Crippen LogP contribution in [0.5, 0.6) is 0 Å². The second-order valence-corrected chi connectivity index (χ2v) is 10.3. The molecule has 3 aromatic rings. The number of nitrogens with zero attached hydrogens (tertiary/aromatic N) is 2. The summed E-state index contributed by atoms with van der Waals surface area (Å²) in [5, 5.41) is 2.94. The molecule has 1 saturated heterocycles. The van der Waals surface area contributed by atoms with Gasteiger partial charge in [-0.25, -0.2) is 8.42 Å². The number of amides is 1. The lowest BCUT2D eigenvalue weighted by molar-refractivity contribution is 0.102. The standard InChI is InChI=1S/C24H23N3O4S/c28-22-12-11-21(25-24(29)18-7-3-1-4-8-18)23-19-13-17(15-27(22)23)14-26(16-19)32(30,31)20-9-5-2-6-10-20/h1-12,17,19H,13-16H2,(H,25,29)/t17-,19+/m0/s1. The van der Waals surface area contributed by atoms with Crippen molar-refractivity contribution in [1.82, 2.24) is 8.87 Å². The van der Waals surface area contributed by atoms with Crippen LogP contribution in [0.25, 0.3) is 0 Å². The summed E-state index contributed by atoms with van der Waals surface area (Å²) in [7, 11) is -3.64. The van der Waals surface area contributed by atoms with E-state index in [1.54, 1.807) is 65.2 Å². The molecule has 0 aliphatic carbocycles. The second-order valence-electron chi connectivity index (χ2n) is 8.33. The normalized spacial score (nSPS) is 20.4. The minimum Gasteiger partial charge on any atom is -0.320 e. The molecule has 1 N–H and O–H groups in total. The molecule has 2 bridgehead atoms. The Morgan fingerprint density at radius 1 is 0.875 bits per heavy atom. The number of nitrogens with one attached hydrogen (secondary N) is 1. The number of benzene rings is 2. The number of sulfonamides is 1. The topological polar surface area (TPSA) is 88.5 Å². The van der Waals surface area contributed by atoms with E-state index < -0.39 is 10.0 Å². The van der Waals surface area contributed by atoms with Gasteiger partial charge in [-0.1, -0.05) is 36.4 Å². The van der Waals surface area contributed by atoms with Gasteiger partial charge in [-0.3, -0.25) is 9.59 Å². The number of rotatable bonds is 4. The third kappa shape index (κ3) is 3.65. The van der Waals surface area contributed by atoms with Gasteiger partial charge in [-0.05, 0) is 42.7 Å². The fraction of sp³-hybridized carbons (Fsp3) is 0.250. The van der Waals surface area contributed by atoms with E-state index >= 15 is 0 Å². The maximum Gasteiger partial charge on any atom is 0.255 e. The predicted octanol–water partition coefficient (Wildman–Crippen LogP) is 2.91. The van der Waals surface area contributed by atoms with E-state index in [9.17, 15) is 18.0 Å². The first-order valence-electron chi connectivity index (χ1n) is 10.6. The Kier molecular flexibility index (Phi) is 5.19. The monoisotopic (exact) mass is 449 g/mol. The molecule has 1 amide bonds. The van der Waals surface area contributed by atoms with Crippen LogP contribution in [-0.2, 0) is 16.6 Å². The van der Waals surface area contributed by atoms with Gasteiger partial charge < -0.3 is 9.88 Å². The third-order valence-electron chi connectivity index (χ3n) is 6.22. The number of hydrogen-bond donors (Lipinski definition) is 1. The van der Waals surface area contributed by atoms with Gasteiger partial charge in [0.15, 0.2) is 0 Å². The molecule has 1 aromatic heterocycles. The highest BCUT2D eigenvalue weighted by Crippen LogP contribution is 2.40. The fourth-order valence-corrected chi connectivity index (χ4v) is 6.38. The van der Waals surface area contributed by atoms with Crippen molar-refractivity contribution in [3.8, 4) is 0 Å². The van der Waals surface area contributed by atoms with E-state index in [0.717, 1.165) is 6.42 Å². The van der Waals surface area contributed by atoms with Crippen LogP contribution < -0.4 is 10.9 Å². The van der Waals surface area contributed by atoms with Gasteiger partial charge in [0.2, 0.25) is 10.0 Å². The van der Waals surface area contributed by atoms with Crippen LogP contribution in [0, 0.1) is 5.92 Å². The maximum absolute atomic E-state index is 13.2. The summed E-state index contributed by atoms with van der Waals surface area (Å²) in [5.74, 6) is -0.405. The molecule has 0 spiro atoms. The zero-order valence-corrected chi connectivity index (χ0v) is 18.2. The lowest BCUT2D eigenvalue weighted by atomic mass is 9.83. The summed E-state index contributed by atoms with van der Waals surface area (Å²) in [6, 6.07) is 20.4. The molecule has 5 rings (SSSR count). The van der Waals surface area contributed by atoms with E-state index in [-0.39, 0.29) is 34.7 Å². The molecule has 164 valence electrons. The Morgan fingerprint density at radius 3 is 2.28 bits per heavy atom. The van der Waals surface area contributed by atoms with Crippen molar-refractivity contribution in [1.29, 1.82) is 0 Å². The minimum absolute atomic E-state index is 0.0394. The van der Waals surface area contributed by atoms with Crippen LogP contribution in [0.15, 0.2) is 82.5 Å². The van der Waals surface area contributed by atoms with Crippen molar-refractivity contribution in [3.63, 3.8) is 0 Å². The predicted molar refractivity (Wildman–Crippen MR) is 121 cm³/mol. The highest BCUT2D eigenvalue weighted by molar-refractivity contribution is 7.89. The number of carbonyl (C=O) groups excluding carboxylic acids is 1. The smallest absolute Gasteiger partial charge is 0.255 e. The van der Waals surface area contributed by atoms with Gasteiger partial charge in [0.1, 0.15) is 0 Å². The Bertz CT molecular complexity index is 1320. The van der Waals surface area contributed by atoms with Crippen LogP contribution in [0.2, 0.25) is 0 Å². The molecule has 8 heteroatoms. The van der Waals surface area contributed by atoms with Crippen LogP contribution in [0.3, 0.4) is 0 Å². The van der Waals surface area contributed by atoms with E-state index in [4.69, 9.17) is 0 Å². The summed E-state index contributed by atoms with van der Waals surface area (Å²) in [6.07, 6.45) is 0.776. The molecular formula is C24H23N3O4S. The summed E-state index contributed by atoms with van der Waals surface area (Å²) in [5.41, 5.74) is 1.64. The summed E-state index contributed by atoms with van der Waals surface area (Å²) < 4.78 is 29.7. The van der Waals surface area contributed by atoms with E-state index in [0.29, 0.717) is 30.0 Å². The average molecular weight is 450 g/mol. The summed E-state index contributed by atoms with van der Waals surface area (Å²) in [4.78, 5) is 25.6. The Labute approximate surface area is 186 Å². The molecule has 0 unspecified atom stereocenters. The van der Waals surface area contributed by atoms with Gasteiger partial charge in [-0.15, -0.1) is 0 Å². The van der Waals surface area contributed by atoms with Crippen molar-refractivity contribution in [2.24, 2.45) is 5.92 Å². The maximum atomic E-state index is 13.2. The molecular weight excluding hydrogens is 426 g/mol. The van der Waals surface area contributed by atoms with Crippen LogP contribution in [0.1, 0.15) is 28.4 Å². The number of hydrogen-bond acceptors (Lipinski definition) is 4. The lowest BCUT2D eigenvalue weighted by Crippen LogP contribution is -2.49. The first-order chi connectivity index (χ1) is 15.4. The van der Waals surface area contributed by atoms with Gasteiger partial charge >= 0.3 is 0 Å². The largest absolute Gasteiger partial charge is 0.320 e. The third-order valence-corrected chi connectivity index (χ3v) is 8.07. The summed E-state index contributed by atoms with van der Waals surface area (Å²) >= 11 is 0. The molecule has 2 atom stereocenters. The molecule has 2 aromatic carbocycles. The molecule has 2 aliphatic rings. The van der Waals surface area contributed by atoms with Crippen LogP contribution in [-0.4, -0.2) is 36.3 Å². The second kappa shape index (κ2) is 8.03. The Morgan fingerprint density at radius 2 is 1.56 bits per heavy atom. The lowest BCUT2D eigenvalue weighted by Gasteiger charge is -2.42. The van der Waals surface area contributed by atoms with Gasteiger partial charge in [0.05, 0.1) is 10.6 Å². The fourth-order valence-electron chi connectivity index (χ4n) is 4.80. The molecule has 32 heavy (non-hydrogen) atoms. The zero-order valence-electron chi connectivity index (χ0n) is 17.3. The van der Waals surface area contributed by atoms with Crippen molar-refractivity contribution in [3.05, 3.63) is 94.4 Å². The Hall–Kier alpha value is -3.23. The SMILES string of the molecule is O=C(Nc1ccc(=O)n2c1[C@@H]1C[C@@H](CN(S(=O)(=O)c3ccccc3)C1)C2)c1ccccc1. The first kappa shape index (κ1) is 20.7.